The summed E-state index contributed by atoms with van der Waals surface area (Å²) in [5.41, 5.74) is 2.46. The van der Waals surface area contributed by atoms with Crippen molar-refractivity contribution < 1.29 is 14.7 Å². The smallest absolute Gasteiger partial charge is 0.323 e. The summed E-state index contributed by atoms with van der Waals surface area (Å²) in [7, 11) is 0. The molecule has 0 fully saturated rings. The second-order valence-corrected chi connectivity index (χ2v) is 4.08. The Balaban J connectivity index is 2.44. The number of carboxylic acid groups (broad SMARTS) is 1. The third-order valence-corrected chi connectivity index (χ3v) is 2.76. The fourth-order valence-corrected chi connectivity index (χ4v) is 2.06. The SMILES string of the molecule is Cc1cccc2c1N(CC(=O)O)CCC(=O)N2. The largest absolute Gasteiger partial charge is 0.480 e. The molecular formula is C12H14N2O3. The van der Waals surface area contributed by atoms with E-state index >= 15 is 0 Å². The average molecular weight is 234 g/mol. The van der Waals surface area contributed by atoms with Crippen molar-refractivity contribution >= 4 is 23.3 Å². The number of amides is 1. The zero-order valence-corrected chi connectivity index (χ0v) is 9.56. The Bertz CT molecular complexity index is 471. The first kappa shape index (κ1) is 11.4. The van der Waals surface area contributed by atoms with E-state index in [2.05, 4.69) is 5.32 Å². The zero-order chi connectivity index (χ0) is 12.4. The number of aryl methyl sites for hydroxylation is 1. The summed E-state index contributed by atoms with van der Waals surface area (Å²) in [6, 6.07) is 5.55. The van der Waals surface area contributed by atoms with Gasteiger partial charge in [0.1, 0.15) is 6.54 Å². The van der Waals surface area contributed by atoms with E-state index in [0.29, 0.717) is 18.7 Å². The van der Waals surface area contributed by atoms with Crippen molar-refractivity contribution in [3.63, 3.8) is 0 Å². The standard InChI is InChI=1S/C12H14N2O3/c1-8-3-2-4-9-12(8)14(7-11(16)17)6-5-10(15)13-9/h2-4H,5-7H2,1H3,(H,13,15)(H,16,17). The van der Waals surface area contributed by atoms with Crippen LogP contribution >= 0.6 is 0 Å². The van der Waals surface area contributed by atoms with E-state index in [-0.39, 0.29) is 12.5 Å². The van der Waals surface area contributed by atoms with E-state index in [0.717, 1.165) is 11.3 Å². The van der Waals surface area contributed by atoms with Gasteiger partial charge in [0.25, 0.3) is 0 Å². The molecule has 2 rings (SSSR count). The van der Waals surface area contributed by atoms with Gasteiger partial charge >= 0.3 is 5.97 Å². The molecule has 0 saturated heterocycles. The lowest BCUT2D eigenvalue weighted by Crippen LogP contribution is -2.31. The van der Waals surface area contributed by atoms with Gasteiger partial charge in [-0.3, -0.25) is 9.59 Å². The van der Waals surface area contributed by atoms with Gasteiger partial charge in [-0.1, -0.05) is 12.1 Å². The molecule has 2 N–H and O–H groups in total. The number of fused-ring (bicyclic) bond motifs is 1. The maximum atomic E-state index is 11.5. The van der Waals surface area contributed by atoms with Gasteiger partial charge in [0, 0.05) is 13.0 Å². The number of aliphatic carboxylic acids is 1. The lowest BCUT2D eigenvalue weighted by molar-refractivity contribution is -0.135. The van der Waals surface area contributed by atoms with Crippen molar-refractivity contribution in [1.82, 2.24) is 0 Å². The predicted octanol–water partition coefficient (Wildman–Crippen LogP) is 1.23. The van der Waals surface area contributed by atoms with Crippen molar-refractivity contribution in [2.75, 3.05) is 23.3 Å². The molecule has 0 aromatic heterocycles. The van der Waals surface area contributed by atoms with E-state index in [1.807, 2.05) is 19.1 Å². The number of nitrogens with zero attached hydrogens (tertiary/aromatic N) is 1. The van der Waals surface area contributed by atoms with Crippen LogP contribution in [-0.2, 0) is 9.59 Å². The van der Waals surface area contributed by atoms with Crippen molar-refractivity contribution in [1.29, 1.82) is 0 Å². The Labute approximate surface area is 99.0 Å². The summed E-state index contributed by atoms with van der Waals surface area (Å²) in [5, 5.41) is 11.7. The first-order valence-electron chi connectivity index (χ1n) is 5.44. The Morgan fingerprint density at radius 2 is 2.29 bits per heavy atom. The first-order chi connectivity index (χ1) is 8.08. The molecule has 1 amide bonds. The number of para-hydroxylation sites is 1. The minimum Gasteiger partial charge on any atom is -0.480 e. The predicted molar refractivity (Wildman–Crippen MR) is 64.3 cm³/mol. The van der Waals surface area contributed by atoms with Gasteiger partial charge < -0.3 is 15.3 Å². The van der Waals surface area contributed by atoms with Crippen LogP contribution < -0.4 is 10.2 Å². The summed E-state index contributed by atoms with van der Waals surface area (Å²) in [6.07, 6.45) is 0.307. The quantitative estimate of drug-likeness (QED) is 0.807. The van der Waals surface area contributed by atoms with Gasteiger partial charge in [0.05, 0.1) is 11.4 Å². The van der Waals surface area contributed by atoms with Crippen LogP contribution in [0.5, 0.6) is 0 Å². The number of anilines is 2. The Hall–Kier alpha value is -2.04. The number of carboxylic acids is 1. The minimum atomic E-state index is -0.895. The van der Waals surface area contributed by atoms with E-state index in [1.54, 1.807) is 11.0 Å². The van der Waals surface area contributed by atoms with Gasteiger partial charge in [-0.25, -0.2) is 0 Å². The Kier molecular flexibility index (Phi) is 2.99. The van der Waals surface area contributed by atoms with Crippen LogP contribution in [0.1, 0.15) is 12.0 Å². The molecule has 0 radical (unpaired) electrons. The normalized spacial score (nSPS) is 14.9. The van der Waals surface area contributed by atoms with Crippen molar-refractivity contribution in [2.24, 2.45) is 0 Å². The van der Waals surface area contributed by atoms with Gasteiger partial charge in [0.15, 0.2) is 0 Å². The van der Waals surface area contributed by atoms with E-state index in [9.17, 15) is 9.59 Å². The third-order valence-electron chi connectivity index (χ3n) is 2.76. The first-order valence-corrected chi connectivity index (χ1v) is 5.44. The molecule has 0 spiro atoms. The topological polar surface area (TPSA) is 69.6 Å². The molecule has 0 aliphatic carbocycles. The van der Waals surface area contributed by atoms with Gasteiger partial charge in [-0.05, 0) is 18.6 Å². The van der Waals surface area contributed by atoms with Crippen LogP contribution in [0.3, 0.4) is 0 Å². The lowest BCUT2D eigenvalue weighted by Gasteiger charge is -2.23. The highest BCUT2D eigenvalue weighted by atomic mass is 16.4. The second kappa shape index (κ2) is 4.45. The van der Waals surface area contributed by atoms with Gasteiger partial charge in [-0.2, -0.15) is 0 Å². The van der Waals surface area contributed by atoms with Crippen molar-refractivity contribution in [3.8, 4) is 0 Å². The van der Waals surface area contributed by atoms with Crippen LogP contribution in [0.2, 0.25) is 0 Å². The molecule has 1 aliphatic heterocycles. The summed E-state index contributed by atoms with van der Waals surface area (Å²) < 4.78 is 0. The van der Waals surface area contributed by atoms with Crippen LogP contribution in [0.25, 0.3) is 0 Å². The van der Waals surface area contributed by atoms with E-state index in [4.69, 9.17) is 5.11 Å². The zero-order valence-electron chi connectivity index (χ0n) is 9.56. The molecule has 0 saturated carbocycles. The van der Waals surface area contributed by atoms with Gasteiger partial charge in [0.2, 0.25) is 5.91 Å². The van der Waals surface area contributed by atoms with Crippen LogP contribution in [0.15, 0.2) is 18.2 Å². The number of rotatable bonds is 2. The Morgan fingerprint density at radius 3 is 3.00 bits per heavy atom. The van der Waals surface area contributed by atoms with Crippen molar-refractivity contribution in [3.05, 3.63) is 23.8 Å². The highest BCUT2D eigenvalue weighted by Crippen LogP contribution is 2.31. The average Bonchev–Trinajstić information content (AvgIpc) is 2.38. The molecule has 5 heteroatoms. The highest BCUT2D eigenvalue weighted by Gasteiger charge is 2.21. The molecule has 1 heterocycles. The Morgan fingerprint density at radius 1 is 1.53 bits per heavy atom. The maximum Gasteiger partial charge on any atom is 0.323 e. The molecule has 1 aliphatic rings. The summed E-state index contributed by atoms with van der Waals surface area (Å²) >= 11 is 0. The molecule has 0 atom stereocenters. The summed E-state index contributed by atoms with van der Waals surface area (Å²) in [4.78, 5) is 24.1. The van der Waals surface area contributed by atoms with E-state index < -0.39 is 5.97 Å². The molecule has 1 aromatic carbocycles. The number of benzene rings is 1. The number of hydrogen-bond donors (Lipinski definition) is 2. The van der Waals surface area contributed by atoms with Crippen molar-refractivity contribution in [2.45, 2.75) is 13.3 Å². The van der Waals surface area contributed by atoms with Crippen LogP contribution in [0, 0.1) is 6.92 Å². The highest BCUT2D eigenvalue weighted by molar-refractivity contribution is 5.97. The molecule has 0 unspecified atom stereocenters. The minimum absolute atomic E-state index is 0.0789. The monoisotopic (exact) mass is 234 g/mol. The van der Waals surface area contributed by atoms with Crippen LogP contribution in [0.4, 0.5) is 11.4 Å². The number of hydrogen-bond acceptors (Lipinski definition) is 3. The lowest BCUT2D eigenvalue weighted by atomic mass is 10.1. The molecule has 90 valence electrons. The van der Waals surface area contributed by atoms with Gasteiger partial charge in [-0.15, -0.1) is 0 Å². The number of carbonyl (C=O) groups excluding carboxylic acids is 1. The fraction of sp³-hybridized carbons (Fsp3) is 0.333. The molecular weight excluding hydrogens is 220 g/mol. The maximum absolute atomic E-state index is 11.5. The summed E-state index contributed by atoms with van der Waals surface area (Å²) in [5.74, 6) is -0.974. The molecule has 17 heavy (non-hydrogen) atoms. The third kappa shape index (κ3) is 2.38. The van der Waals surface area contributed by atoms with Crippen LogP contribution in [-0.4, -0.2) is 30.1 Å². The fourth-order valence-electron chi connectivity index (χ4n) is 2.06. The second-order valence-electron chi connectivity index (χ2n) is 4.08. The molecule has 5 nitrogen and oxygen atoms in total. The number of nitrogens with one attached hydrogen (secondary N) is 1. The summed E-state index contributed by atoms with van der Waals surface area (Å²) in [6.45, 7) is 2.24. The van der Waals surface area contributed by atoms with E-state index in [1.165, 1.54) is 0 Å². The molecule has 0 bridgehead atoms. The molecule has 1 aromatic rings. The number of carbonyl (C=O) groups is 2.